The average molecular weight is 589 g/mol. The molecule has 1 atom stereocenters. The van der Waals surface area contributed by atoms with Crippen molar-refractivity contribution in [2.24, 2.45) is 0 Å². The quantitative estimate of drug-likeness (QED) is 0.159. The number of nitrogens with zero attached hydrogens (tertiary/aromatic N) is 2. The summed E-state index contributed by atoms with van der Waals surface area (Å²) >= 11 is 0. The molecule has 44 heavy (non-hydrogen) atoms. The van der Waals surface area contributed by atoms with Gasteiger partial charge in [0.2, 0.25) is 0 Å². The number of aliphatic carboxylic acids is 1. The number of carboxylic acids is 1. The minimum absolute atomic E-state index is 0.326. The molecule has 0 radical (unpaired) electrons. The Hall–Kier alpha value is -5.44. The number of hydrogen-bond donors (Lipinski definition) is 3. The number of carboxylic acid groups (broad SMARTS) is 1. The van der Waals surface area contributed by atoms with Crippen molar-refractivity contribution in [3.63, 3.8) is 0 Å². The lowest BCUT2D eigenvalue weighted by Crippen LogP contribution is -2.37. The van der Waals surface area contributed by atoms with Crippen LogP contribution in [0.4, 0.5) is 5.69 Å². The second-order valence-electron chi connectivity index (χ2n) is 10.9. The van der Waals surface area contributed by atoms with Gasteiger partial charge in [-0.15, -0.1) is 0 Å². The van der Waals surface area contributed by atoms with Gasteiger partial charge in [-0.3, -0.25) is 9.59 Å². The molecule has 6 rings (SSSR count). The molecule has 3 aromatic carbocycles. The van der Waals surface area contributed by atoms with E-state index < -0.39 is 23.8 Å². The maximum atomic E-state index is 13.6. The Kier molecular flexibility index (Phi) is 8.36. The van der Waals surface area contributed by atoms with Crippen molar-refractivity contribution in [1.29, 1.82) is 0 Å². The molecule has 0 saturated heterocycles. The van der Waals surface area contributed by atoms with Gasteiger partial charge < -0.3 is 24.7 Å². The SMILES string of the molecule is O=C(O)/C=C/c1ccc(NC(=O)[C@H](NC(=O)c2ccc3c(c2)nc(-c2ccoc2)n3C2CCCCC2)c2ccccc2)cc1. The van der Waals surface area contributed by atoms with Gasteiger partial charge in [-0.2, -0.15) is 0 Å². The van der Waals surface area contributed by atoms with Crippen molar-refractivity contribution in [2.45, 2.75) is 44.2 Å². The summed E-state index contributed by atoms with van der Waals surface area (Å²) in [5, 5.41) is 14.6. The molecular weight excluding hydrogens is 556 g/mol. The molecule has 0 unspecified atom stereocenters. The van der Waals surface area contributed by atoms with E-state index in [1.54, 1.807) is 61.1 Å². The van der Waals surface area contributed by atoms with Crippen LogP contribution in [0.1, 0.15) is 65.7 Å². The number of imidazole rings is 1. The van der Waals surface area contributed by atoms with Crippen molar-refractivity contribution < 1.29 is 23.9 Å². The fraction of sp³-hybridized carbons (Fsp3) is 0.200. The summed E-state index contributed by atoms with van der Waals surface area (Å²) in [5.41, 5.74) is 4.78. The largest absolute Gasteiger partial charge is 0.478 e. The number of fused-ring (bicyclic) bond motifs is 1. The molecule has 1 fully saturated rings. The highest BCUT2D eigenvalue weighted by Gasteiger charge is 2.26. The van der Waals surface area contributed by atoms with Crippen LogP contribution in [0.2, 0.25) is 0 Å². The minimum Gasteiger partial charge on any atom is -0.478 e. The summed E-state index contributed by atoms with van der Waals surface area (Å²) in [6.07, 6.45) is 11.6. The summed E-state index contributed by atoms with van der Waals surface area (Å²) in [6, 6.07) is 22.6. The predicted molar refractivity (Wildman–Crippen MR) is 168 cm³/mol. The Morgan fingerprint density at radius 2 is 1.73 bits per heavy atom. The molecule has 2 heterocycles. The topological polar surface area (TPSA) is 126 Å². The second-order valence-corrected chi connectivity index (χ2v) is 10.9. The van der Waals surface area contributed by atoms with E-state index in [0.29, 0.717) is 33.9 Å². The first-order chi connectivity index (χ1) is 21.5. The zero-order chi connectivity index (χ0) is 30.5. The number of benzene rings is 3. The molecule has 2 aromatic heterocycles. The fourth-order valence-corrected chi connectivity index (χ4v) is 5.76. The van der Waals surface area contributed by atoms with E-state index >= 15 is 0 Å². The van der Waals surface area contributed by atoms with Gasteiger partial charge in [-0.25, -0.2) is 9.78 Å². The Labute approximate surface area is 254 Å². The van der Waals surface area contributed by atoms with Crippen LogP contribution in [0.5, 0.6) is 0 Å². The van der Waals surface area contributed by atoms with Crippen molar-refractivity contribution in [2.75, 3.05) is 5.32 Å². The maximum Gasteiger partial charge on any atom is 0.328 e. The molecule has 1 aliphatic rings. The van der Waals surface area contributed by atoms with Crippen molar-refractivity contribution in [3.8, 4) is 11.4 Å². The van der Waals surface area contributed by atoms with E-state index in [-0.39, 0.29) is 0 Å². The van der Waals surface area contributed by atoms with Gasteiger partial charge in [0.25, 0.3) is 11.8 Å². The highest BCUT2D eigenvalue weighted by Crippen LogP contribution is 2.36. The van der Waals surface area contributed by atoms with Gasteiger partial charge in [0, 0.05) is 23.4 Å². The Morgan fingerprint density at radius 1 is 0.955 bits per heavy atom. The lowest BCUT2D eigenvalue weighted by atomic mass is 9.95. The molecule has 0 bridgehead atoms. The fourth-order valence-electron chi connectivity index (χ4n) is 5.76. The summed E-state index contributed by atoms with van der Waals surface area (Å²) in [4.78, 5) is 42.9. The summed E-state index contributed by atoms with van der Waals surface area (Å²) in [5.74, 6) is -1.03. The molecule has 1 saturated carbocycles. The van der Waals surface area contributed by atoms with E-state index in [4.69, 9.17) is 14.5 Å². The zero-order valence-corrected chi connectivity index (χ0v) is 24.0. The van der Waals surface area contributed by atoms with Crippen molar-refractivity contribution in [3.05, 3.63) is 114 Å². The van der Waals surface area contributed by atoms with Crippen LogP contribution in [0.25, 0.3) is 28.5 Å². The van der Waals surface area contributed by atoms with Crippen molar-refractivity contribution in [1.82, 2.24) is 14.9 Å². The zero-order valence-electron chi connectivity index (χ0n) is 24.0. The summed E-state index contributed by atoms with van der Waals surface area (Å²) < 4.78 is 7.65. The van der Waals surface area contributed by atoms with Gasteiger partial charge in [-0.05, 0) is 66.4 Å². The van der Waals surface area contributed by atoms with Gasteiger partial charge in [-0.1, -0.05) is 61.7 Å². The molecule has 1 aliphatic carbocycles. The molecule has 9 nitrogen and oxygen atoms in total. The number of rotatable bonds is 9. The third kappa shape index (κ3) is 6.32. The van der Waals surface area contributed by atoms with Gasteiger partial charge >= 0.3 is 5.97 Å². The molecule has 0 aliphatic heterocycles. The number of anilines is 1. The first kappa shape index (κ1) is 28.7. The van der Waals surface area contributed by atoms with Gasteiger partial charge in [0.15, 0.2) is 0 Å². The first-order valence-electron chi connectivity index (χ1n) is 14.7. The Morgan fingerprint density at radius 3 is 2.43 bits per heavy atom. The number of furan rings is 1. The number of carbonyl (C=O) groups is 3. The van der Waals surface area contributed by atoms with Crippen LogP contribution in [-0.2, 0) is 9.59 Å². The highest BCUT2D eigenvalue weighted by molar-refractivity contribution is 6.03. The van der Waals surface area contributed by atoms with E-state index in [1.807, 2.05) is 30.3 Å². The molecular formula is C35H32N4O5. The normalized spacial score (nSPS) is 14.5. The number of amides is 2. The van der Waals surface area contributed by atoms with Gasteiger partial charge in [0.1, 0.15) is 18.1 Å². The summed E-state index contributed by atoms with van der Waals surface area (Å²) in [7, 11) is 0. The number of aromatic nitrogens is 2. The molecule has 2 amide bonds. The van der Waals surface area contributed by atoms with Crippen LogP contribution >= 0.6 is 0 Å². The molecule has 5 aromatic rings. The predicted octanol–water partition coefficient (Wildman–Crippen LogP) is 7.01. The van der Waals surface area contributed by atoms with Gasteiger partial charge in [0.05, 0.1) is 22.9 Å². The van der Waals surface area contributed by atoms with E-state index in [2.05, 4.69) is 15.2 Å². The monoisotopic (exact) mass is 588 g/mol. The number of hydrogen-bond acceptors (Lipinski definition) is 5. The van der Waals surface area contributed by atoms with E-state index in [0.717, 1.165) is 35.8 Å². The van der Waals surface area contributed by atoms with Crippen LogP contribution in [-0.4, -0.2) is 32.4 Å². The van der Waals surface area contributed by atoms with Crippen LogP contribution in [0, 0.1) is 0 Å². The van der Waals surface area contributed by atoms with Crippen LogP contribution in [0.15, 0.2) is 102 Å². The Balaban J connectivity index is 1.26. The smallest absolute Gasteiger partial charge is 0.328 e. The lowest BCUT2D eigenvalue weighted by molar-refractivity contribution is -0.131. The highest BCUT2D eigenvalue weighted by atomic mass is 16.4. The third-order valence-corrected chi connectivity index (χ3v) is 7.94. The molecule has 3 N–H and O–H groups in total. The van der Waals surface area contributed by atoms with Crippen molar-refractivity contribution >= 4 is 40.6 Å². The average Bonchev–Trinajstić information content (AvgIpc) is 3.72. The number of nitrogens with one attached hydrogen (secondary N) is 2. The maximum absolute atomic E-state index is 13.6. The minimum atomic E-state index is -1.04. The number of carbonyl (C=O) groups excluding carboxylic acids is 2. The summed E-state index contributed by atoms with van der Waals surface area (Å²) in [6.45, 7) is 0. The second kappa shape index (κ2) is 12.8. The van der Waals surface area contributed by atoms with Crippen LogP contribution in [0.3, 0.4) is 0 Å². The van der Waals surface area contributed by atoms with E-state index in [1.165, 1.54) is 25.3 Å². The van der Waals surface area contributed by atoms with Crippen LogP contribution < -0.4 is 10.6 Å². The Bertz CT molecular complexity index is 1800. The lowest BCUT2D eigenvalue weighted by Gasteiger charge is -2.25. The molecule has 0 spiro atoms. The third-order valence-electron chi connectivity index (χ3n) is 7.94. The molecule has 222 valence electrons. The van der Waals surface area contributed by atoms with E-state index in [9.17, 15) is 14.4 Å². The molecule has 9 heteroatoms. The first-order valence-corrected chi connectivity index (χ1v) is 14.7. The standard InChI is InChI=1S/C35H32N4O5/c40-31(41)18-13-23-11-15-27(16-12-23)36-35(43)32(24-7-3-1-4-8-24)38-34(42)25-14-17-30-29(21-25)37-33(26-19-20-44-22-26)39(30)28-9-5-2-6-10-28/h1,3-4,7-8,11-22,28,32H,2,5-6,9-10H2,(H,36,43)(H,38,42)(H,40,41)/b18-13+/t32-/m1/s1.